The lowest BCUT2D eigenvalue weighted by atomic mass is 9.98. The van der Waals surface area contributed by atoms with E-state index in [9.17, 15) is 13.6 Å². The van der Waals surface area contributed by atoms with Gasteiger partial charge in [0.05, 0.1) is 11.2 Å². The zero-order valence-corrected chi connectivity index (χ0v) is 15.1. The molecule has 0 aliphatic heterocycles. The van der Waals surface area contributed by atoms with Gasteiger partial charge in [-0.2, -0.15) is 8.78 Å². The van der Waals surface area contributed by atoms with Crippen molar-refractivity contribution in [3.63, 3.8) is 0 Å². The summed E-state index contributed by atoms with van der Waals surface area (Å²) < 4.78 is 28.4. The summed E-state index contributed by atoms with van der Waals surface area (Å²) in [6.45, 7) is 4.02. The monoisotopic (exact) mass is 373 g/mol. The van der Waals surface area contributed by atoms with E-state index >= 15 is 0 Å². The number of hydrogen-bond donors (Lipinski definition) is 1. The van der Waals surface area contributed by atoms with Crippen LogP contribution in [0.4, 0.5) is 14.5 Å². The molecule has 1 N–H and O–H groups in total. The van der Waals surface area contributed by atoms with E-state index in [-0.39, 0.29) is 5.92 Å². The van der Waals surface area contributed by atoms with Gasteiger partial charge in [0.1, 0.15) is 0 Å². The molecule has 0 aliphatic rings. The predicted molar refractivity (Wildman–Crippen MR) is 97.6 cm³/mol. The summed E-state index contributed by atoms with van der Waals surface area (Å²) in [6.07, 6.45) is 2.37. The Bertz CT molecular complexity index is 895. The number of carbonyl (C=O) groups is 1. The Morgan fingerprint density at radius 2 is 1.96 bits per heavy atom. The Morgan fingerprint density at radius 1 is 1.23 bits per heavy atom. The highest BCUT2D eigenvalue weighted by Crippen LogP contribution is 2.31. The van der Waals surface area contributed by atoms with E-state index in [0.29, 0.717) is 5.69 Å². The third-order valence-corrected chi connectivity index (χ3v) is 5.27. The number of aryl methyl sites for hydroxylation is 1. The molecule has 1 aromatic carbocycles. The second-order valence-electron chi connectivity index (χ2n) is 5.92. The van der Waals surface area contributed by atoms with Crippen LogP contribution in [0.5, 0.6) is 0 Å². The number of nitrogens with zero attached hydrogens (tertiary/aromatic N) is 2. The number of pyridine rings is 1. The van der Waals surface area contributed by atoms with Gasteiger partial charge in [0.15, 0.2) is 0 Å². The Hall–Kier alpha value is -2.67. The molecule has 134 valence electrons. The highest BCUT2D eigenvalue weighted by Gasteiger charge is 2.41. The maximum atomic E-state index is 14.2. The summed E-state index contributed by atoms with van der Waals surface area (Å²) in [5, 5.41) is 2.27. The Morgan fingerprint density at radius 3 is 2.54 bits per heavy atom. The quantitative estimate of drug-likeness (QED) is 0.703. The standard InChI is InChI=1S/C19H17F2N3OS/c1-12(17-13(2)23-11-26-17)14-5-7-16(8-6-14)24-18(25)19(20,21)15-4-3-9-22-10-15/h3-12H,1-2H3,(H,24,25)/t12-/m0/s1. The molecule has 4 nitrogen and oxygen atoms in total. The Labute approximate surface area is 153 Å². The van der Waals surface area contributed by atoms with E-state index in [0.717, 1.165) is 22.3 Å². The van der Waals surface area contributed by atoms with Crippen molar-refractivity contribution in [1.82, 2.24) is 9.97 Å². The number of amides is 1. The van der Waals surface area contributed by atoms with E-state index in [2.05, 4.69) is 22.2 Å². The molecule has 2 heterocycles. The molecule has 1 atom stereocenters. The first-order valence-corrected chi connectivity index (χ1v) is 8.87. The molecule has 0 saturated heterocycles. The lowest BCUT2D eigenvalue weighted by molar-refractivity contribution is -0.141. The molecule has 0 aliphatic carbocycles. The Balaban J connectivity index is 1.73. The number of alkyl halides is 2. The summed E-state index contributed by atoms with van der Waals surface area (Å²) >= 11 is 1.58. The van der Waals surface area contributed by atoms with Crippen LogP contribution in [-0.4, -0.2) is 15.9 Å². The minimum Gasteiger partial charge on any atom is -0.321 e. The van der Waals surface area contributed by atoms with Crippen LogP contribution in [0.3, 0.4) is 0 Å². The van der Waals surface area contributed by atoms with Crippen molar-refractivity contribution < 1.29 is 13.6 Å². The topological polar surface area (TPSA) is 54.9 Å². The van der Waals surface area contributed by atoms with Gasteiger partial charge in [-0.1, -0.05) is 19.1 Å². The number of rotatable bonds is 5. The number of benzene rings is 1. The molecule has 0 bridgehead atoms. The second kappa shape index (κ2) is 7.29. The van der Waals surface area contributed by atoms with Crippen molar-refractivity contribution in [2.45, 2.75) is 25.7 Å². The second-order valence-corrected chi connectivity index (χ2v) is 6.80. The van der Waals surface area contributed by atoms with Gasteiger partial charge >= 0.3 is 5.92 Å². The van der Waals surface area contributed by atoms with E-state index in [1.54, 1.807) is 29.0 Å². The normalized spacial score (nSPS) is 12.6. The number of hydrogen-bond acceptors (Lipinski definition) is 4. The molecule has 0 spiro atoms. The average molecular weight is 373 g/mol. The first-order chi connectivity index (χ1) is 12.4. The highest BCUT2D eigenvalue weighted by molar-refractivity contribution is 7.09. The molecule has 0 fully saturated rings. The maximum absolute atomic E-state index is 14.2. The highest BCUT2D eigenvalue weighted by atomic mass is 32.1. The van der Waals surface area contributed by atoms with Gasteiger partial charge in [0.2, 0.25) is 0 Å². The fourth-order valence-corrected chi connectivity index (χ4v) is 3.51. The van der Waals surface area contributed by atoms with E-state index < -0.39 is 17.4 Å². The average Bonchev–Trinajstić information content (AvgIpc) is 3.08. The van der Waals surface area contributed by atoms with Crippen molar-refractivity contribution in [2.24, 2.45) is 0 Å². The van der Waals surface area contributed by atoms with Crippen LogP contribution in [0.2, 0.25) is 0 Å². The lowest BCUT2D eigenvalue weighted by Crippen LogP contribution is -2.32. The fourth-order valence-electron chi connectivity index (χ4n) is 2.62. The molecule has 2 aromatic heterocycles. The number of aromatic nitrogens is 2. The van der Waals surface area contributed by atoms with Gasteiger partial charge in [0.25, 0.3) is 5.91 Å². The van der Waals surface area contributed by atoms with Crippen molar-refractivity contribution in [3.05, 3.63) is 76.0 Å². The minimum absolute atomic E-state index is 0.143. The first-order valence-electron chi connectivity index (χ1n) is 7.99. The SMILES string of the molecule is Cc1ncsc1[C@@H](C)c1ccc(NC(=O)C(F)(F)c2cccnc2)cc1. The number of thiazole rings is 1. The van der Waals surface area contributed by atoms with Crippen LogP contribution < -0.4 is 5.32 Å². The minimum atomic E-state index is -3.65. The van der Waals surface area contributed by atoms with E-state index in [1.165, 1.54) is 18.3 Å². The lowest BCUT2D eigenvalue weighted by Gasteiger charge is -2.16. The smallest absolute Gasteiger partial charge is 0.321 e. The maximum Gasteiger partial charge on any atom is 0.351 e. The number of anilines is 1. The first kappa shape index (κ1) is 18.1. The summed E-state index contributed by atoms with van der Waals surface area (Å²) in [7, 11) is 0. The summed E-state index contributed by atoms with van der Waals surface area (Å²) in [5.74, 6) is -4.89. The molecule has 0 unspecified atom stereocenters. The number of carbonyl (C=O) groups excluding carboxylic acids is 1. The molecular weight excluding hydrogens is 356 g/mol. The van der Waals surface area contributed by atoms with Crippen molar-refractivity contribution in [3.8, 4) is 0 Å². The summed E-state index contributed by atoms with van der Waals surface area (Å²) in [6, 6.07) is 9.44. The Kier molecular flexibility index (Phi) is 5.08. The van der Waals surface area contributed by atoms with Gasteiger partial charge < -0.3 is 5.32 Å². The largest absolute Gasteiger partial charge is 0.351 e. The van der Waals surface area contributed by atoms with Crippen LogP contribution >= 0.6 is 11.3 Å². The van der Waals surface area contributed by atoms with Crippen LogP contribution in [0.25, 0.3) is 0 Å². The van der Waals surface area contributed by atoms with Crippen LogP contribution in [0.15, 0.2) is 54.3 Å². The summed E-state index contributed by atoms with van der Waals surface area (Å²) in [5.41, 5.74) is 3.68. The van der Waals surface area contributed by atoms with Gasteiger partial charge in [-0.3, -0.25) is 9.78 Å². The van der Waals surface area contributed by atoms with Gasteiger partial charge in [-0.05, 0) is 36.8 Å². The van der Waals surface area contributed by atoms with E-state index in [1.807, 2.05) is 19.1 Å². The van der Waals surface area contributed by atoms with Crippen LogP contribution in [0.1, 0.15) is 34.5 Å². The van der Waals surface area contributed by atoms with Gasteiger partial charge in [-0.25, -0.2) is 4.98 Å². The third kappa shape index (κ3) is 3.62. The molecule has 7 heteroatoms. The summed E-state index contributed by atoms with van der Waals surface area (Å²) in [4.78, 5) is 21.0. The van der Waals surface area contributed by atoms with E-state index in [4.69, 9.17) is 0 Å². The zero-order valence-electron chi connectivity index (χ0n) is 14.2. The van der Waals surface area contributed by atoms with Gasteiger partial charge in [-0.15, -0.1) is 11.3 Å². The molecule has 3 aromatic rings. The van der Waals surface area contributed by atoms with Crippen molar-refractivity contribution in [1.29, 1.82) is 0 Å². The molecule has 26 heavy (non-hydrogen) atoms. The van der Waals surface area contributed by atoms with Gasteiger partial charge in [0, 0.05) is 34.4 Å². The van der Waals surface area contributed by atoms with Crippen molar-refractivity contribution >= 4 is 22.9 Å². The van der Waals surface area contributed by atoms with Crippen LogP contribution in [-0.2, 0) is 10.7 Å². The van der Waals surface area contributed by atoms with Crippen LogP contribution in [0, 0.1) is 6.92 Å². The van der Waals surface area contributed by atoms with Crippen molar-refractivity contribution in [2.75, 3.05) is 5.32 Å². The predicted octanol–water partition coefficient (Wildman–Crippen LogP) is 4.73. The zero-order chi connectivity index (χ0) is 18.7. The number of nitrogens with one attached hydrogen (secondary N) is 1. The third-order valence-electron chi connectivity index (χ3n) is 4.15. The molecule has 1 amide bonds. The number of halogens is 2. The molecule has 3 rings (SSSR count). The molecule has 0 saturated carbocycles. The molecular formula is C19H17F2N3OS. The molecule has 0 radical (unpaired) electrons. The fraction of sp³-hybridized carbons (Fsp3) is 0.211.